The Kier molecular flexibility index (Phi) is 3.48. The van der Waals surface area contributed by atoms with E-state index in [9.17, 15) is 13.6 Å². The van der Waals surface area contributed by atoms with Crippen LogP contribution in [0.2, 0.25) is 0 Å². The largest absolute Gasteiger partial charge is 0.316 e. The van der Waals surface area contributed by atoms with Crippen LogP contribution >= 0.6 is 0 Å². The molecule has 18 heavy (non-hydrogen) atoms. The number of carbonyl (C=O) groups is 1. The highest BCUT2D eigenvalue weighted by Gasteiger charge is 2.44. The number of nitrogens with one attached hydrogen (secondary N) is 1. The molecule has 0 saturated carbocycles. The Labute approximate surface area is 105 Å². The summed E-state index contributed by atoms with van der Waals surface area (Å²) in [6.07, 6.45) is 0.695. The van der Waals surface area contributed by atoms with Crippen LogP contribution in [-0.2, 0) is 0 Å². The van der Waals surface area contributed by atoms with E-state index >= 15 is 0 Å². The number of carbonyl (C=O) groups excluding carboxylic acids is 1. The molecule has 0 spiro atoms. The van der Waals surface area contributed by atoms with Crippen LogP contribution in [0.5, 0.6) is 0 Å². The summed E-state index contributed by atoms with van der Waals surface area (Å²) in [6.45, 7) is 5.24. The molecule has 1 unspecified atom stereocenters. The quantitative estimate of drug-likeness (QED) is 0.839. The SMILES string of the molecule is CC(C)C1(C(=O)c2ccc(F)cc2F)CCNC1. The molecule has 0 bridgehead atoms. The second-order valence-electron chi connectivity index (χ2n) is 5.19. The predicted molar refractivity (Wildman–Crippen MR) is 65.4 cm³/mol. The Morgan fingerprint density at radius 2 is 2.11 bits per heavy atom. The molecule has 0 radical (unpaired) electrons. The van der Waals surface area contributed by atoms with Crippen LogP contribution in [0, 0.1) is 23.0 Å². The number of benzene rings is 1. The summed E-state index contributed by atoms with van der Waals surface area (Å²) in [5.41, 5.74) is -0.577. The van der Waals surface area contributed by atoms with Gasteiger partial charge in [0.15, 0.2) is 5.78 Å². The van der Waals surface area contributed by atoms with E-state index in [4.69, 9.17) is 0 Å². The van der Waals surface area contributed by atoms with Crippen molar-refractivity contribution in [1.82, 2.24) is 5.32 Å². The lowest BCUT2D eigenvalue weighted by molar-refractivity contribution is 0.0735. The van der Waals surface area contributed by atoms with Crippen molar-refractivity contribution in [1.29, 1.82) is 0 Å². The molecule has 0 aromatic heterocycles. The van der Waals surface area contributed by atoms with Crippen LogP contribution in [0.4, 0.5) is 8.78 Å². The number of Topliss-reactive ketones (excluding diaryl/α,β-unsaturated/α-hetero) is 1. The fraction of sp³-hybridized carbons (Fsp3) is 0.500. The number of ketones is 1. The van der Waals surface area contributed by atoms with Crippen LogP contribution in [0.15, 0.2) is 18.2 Å². The summed E-state index contributed by atoms with van der Waals surface area (Å²) < 4.78 is 26.6. The second-order valence-corrected chi connectivity index (χ2v) is 5.19. The number of halogens is 2. The smallest absolute Gasteiger partial charge is 0.173 e. The molecule has 1 N–H and O–H groups in total. The van der Waals surface area contributed by atoms with Crippen LogP contribution < -0.4 is 5.32 Å². The average molecular weight is 253 g/mol. The fourth-order valence-corrected chi connectivity index (χ4v) is 2.60. The van der Waals surface area contributed by atoms with Gasteiger partial charge in [-0.1, -0.05) is 13.8 Å². The highest BCUT2D eigenvalue weighted by atomic mass is 19.1. The van der Waals surface area contributed by atoms with E-state index in [1.54, 1.807) is 0 Å². The molecule has 2 rings (SSSR count). The van der Waals surface area contributed by atoms with Crippen LogP contribution in [0.3, 0.4) is 0 Å². The van der Waals surface area contributed by atoms with Crippen molar-refractivity contribution in [3.8, 4) is 0 Å². The molecule has 2 nitrogen and oxygen atoms in total. The maximum atomic E-state index is 13.7. The first-order chi connectivity index (χ1) is 8.47. The Balaban J connectivity index is 2.40. The lowest BCUT2D eigenvalue weighted by Gasteiger charge is -2.31. The molecule has 1 aromatic rings. The molecule has 1 aromatic carbocycles. The van der Waals surface area contributed by atoms with Crippen molar-refractivity contribution in [3.05, 3.63) is 35.4 Å². The van der Waals surface area contributed by atoms with Gasteiger partial charge in [-0.15, -0.1) is 0 Å². The third kappa shape index (κ3) is 2.05. The first kappa shape index (κ1) is 13.1. The Hall–Kier alpha value is -1.29. The third-order valence-corrected chi connectivity index (χ3v) is 3.92. The van der Waals surface area contributed by atoms with Gasteiger partial charge in [-0.3, -0.25) is 4.79 Å². The minimum atomic E-state index is -0.771. The fourth-order valence-electron chi connectivity index (χ4n) is 2.60. The normalized spacial score (nSPS) is 23.6. The van der Waals surface area contributed by atoms with Crippen molar-refractivity contribution in [2.75, 3.05) is 13.1 Å². The maximum Gasteiger partial charge on any atom is 0.173 e. The van der Waals surface area contributed by atoms with E-state index in [1.807, 2.05) is 13.8 Å². The van der Waals surface area contributed by atoms with Gasteiger partial charge in [0, 0.05) is 18.0 Å². The lowest BCUT2D eigenvalue weighted by Crippen LogP contribution is -2.39. The van der Waals surface area contributed by atoms with Crippen LogP contribution in [0.25, 0.3) is 0 Å². The van der Waals surface area contributed by atoms with Crippen molar-refractivity contribution in [2.45, 2.75) is 20.3 Å². The van der Waals surface area contributed by atoms with E-state index in [0.29, 0.717) is 13.0 Å². The minimum Gasteiger partial charge on any atom is -0.316 e. The van der Waals surface area contributed by atoms with E-state index in [0.717, 1.165) is 18.7 Å². The van der Waals surface area contributed by atoms with Gasteiger partial charge >= 0.3 is 0 Å². The molecule has 98 valence electrons. The first-order valence-corrected chi connectivity index (χ1v) is 6.18. The molecular weight excluding hydrogens is 236 g/mol. The van der Waals surface area contributed by atoms with Gasteiger partial charge in [0.2, 0.25) is 0 Å². The van der Waals surface area contributed by atoms with Gasteiger partial charge in [-0.2, -0.15) is 0 Å². The van der Waals surface area contributed by atoms with Gasteiger partial charge in [0.1, 0.15) is 11.6 Å². The Morgan fingerprint density at radius 3 is 2.61 bits per heavy atom. The van der Waals surface area contributed by atoms with E-state index in [-0.39, 0.29) is 17.3 Å². The zero-order valence-corrected chi connectivity index (χ0v) is 10.6. The zero-order valence-electron chi connectivity index (χ0n) is 10.6. The van der Waals surface area contributed by atoms with E-state index in [1.165, 1.54) is 6.07 Å². The summed E-state index contributed by atoms with van der Waals surface area (Å²) in [4.78, 5) is 12.5. The number of rotatable bonds is 3. The lowest BCUT2D eigenvalue weighted by atomic mass is 9.71. The molecule has 4 heteroatoms. The Bertz CT molecular complexity index is 465. The van der Waals surface area contributed by atoms with Crippen LogP contribution in [0.1, 0.15) is 30.6 Å². The molecule has 1 heterocycles. The molecule has 1 atom stereocenters. The van der Waals surface area contributed by atoms with Crippen molar-refractivity contribution in [2.24, 2.45) is 11.3 Å². The third-order valence-electron chi connectivity index (χ3n) is 3.92. The highest BCUT2D eigenvalue weighted by Crippen LogP contribution is 2.38. The molecule has 1 fully saturated rings. The minimum absolute atomic E-state index is 0.00574. The predicted octanol–water partition coefficient (Wildman–Crippen LogP) is 2.78. The summed E-state index contributed by atoms with van der Waals surface area (Å²) in [5.74, 6) is -1.54. The van der Waals surface area contributed by atoms with Crippen molar-refractivity contribution < 1.29 is 13.6 Å². The second kappa shape index (κ2) is 4.76. The van der Waals surface area contributed by atoms with E-state index < -0.39 is 17.0 Å². The average Bonchev–Trinajstić information content (AvgIpc) is 2.78. The van der Waals surface area contributed by atoms with Crippen molar-refractivity contribution in [3.63, 3.8) is 0 Å². The number of hydrogen-bond acceptors (Lipinski definition) is 2. The maximum absolute atomic E-state index is 13.7. The zero-order chi connectivity index (χ0) is 13.3. The molecule has 0 amide bonds. The van der Waals surface area contributed by atoms with Gasteiger partial charge in [-0.05, 0) is 31.0 Å². The highest BCUT2D eigenvalue weighted by molar-refractivity contribution is 6.01. The standard InChI is InChI=1S/C14H17F2NO/c1-9(2)14(5-6-17-8-14)13(18)11-4-3-10(15)7-12(11)16/h3-4,7,9,17H,5-6,8H2,1-2H3. The van der Waals surface area contributed by atoms with Crippen LogP contribution in [-0.4, -0.2) is 18.9 Å². The summed E-state index contributed by atoms with van der Waals surface area (Å²) in [6, 6.07) is 3.14. The van der Waals surface area contributed by atoms with Gasteiger partial charge in [0.25, 0.3) is 0 Å². The topological polar surface area (TPSA) is 29.1 Å². The molecule has 1 aliphatic rings. The van der Waals surface area contributed by atoms with Gasteiger partial charge in [-0.25, -0.2) is 8.78 Å². The van der Waals surface area contributed by atoms with Crippen molar-refractivity contribution >= 4 is 5.78 Å². The van der Waals surface area contributed by atoms with Gasteiger partial charge < -0.3 is 5.32 Å². The number of hydrogen-bond donors (Lipinski definition) is 1. The van der Waals surface area contributed by atoms with E-state index in [2.05, 4.69) is 5.32 Å². The summed E-state index contributed by atoms with van der Waals surface area (Å²) >= 11 is 0. The van der Waals surface area contributed by atoms with Gasteiger partial charge in [0.05, 0.1) is 5.56 Å². The molecule has 1 aliphatic heterocycles. The molecular formula is C14H17F2NO. The molecule has 0 aliphatic carbocycles. The summed E-state index contributed by atoms with van der Waals surface area (Å²) in [5, 5.41) is 3.16. The first-order valence-electron chi connectivity index (χ1n) is 6.18. The Morgan fingerprint density at radius 1 is 1.39 bits per heavy atom. The molecule has 1 saturated heterocycles. The summed E-state index contributed by atoms with van der Waals surface area (Å²) in [7, 11) is 0. The monoisotopic (exact) mass is 253 g/mol.